The van der Waals surface area contributed by atoms with Crippen LogP contribution >= 0.6 is 23.1 Å². The van der Waals surface area contributed by atoms with Crippen molar-refractivity contribution in [2.45, 2.75) is 56.9 Å². The predicted molar refractivity (Wildman–Crippen MR) is 92.7 cm³/mol. The van der Waals surface area contributed by atoms with Crippen molar-refractivity contribution in [2.75, 3.05) is 11.1 Å². The van der Waals surface area contributed by atoms with Crippen LogP contribution in [0.1, 0.15) is 43.7 Å². The molecule has 5 nitrogen and oxygen atoms in total. The monoisotopic (exact) mass is 351 g/mol. The highest BCUT2D eigenvalue weighted by Gasteiger charge is 2.53. The van der Waals surface area contributed by atoms with E-state index in [1.165, 1.54) is 11.3 Å². The fourth-order valence-corrected chi connectivity index (χ4v) is 6.40. The maximum Gasteiger partial charge on any atom is 0.249 e. The number of carbonyl (C=O) groups is 2. The summed E-state index contributed by atoms with van der Waals surface area (Å²) in [5.41, 5.74) is 1.14. The zero-order valence-electron chi connectivity index (χ0n) is 13.4. The predicted octanol–water partition coefficient (Wildman–Crippen LogP) is 2.66. The number of thiazole rings is 1. The minimum atomic E-state index is -0.361. The number of nitrogens with one attached hydrogen (secondary N) is 1. The van der Waals surface area contributed by atoms with Gasteiger partial charge in [-0.2, -0.15) is 0 Å². The molecule has 1 N–H and O–H groups in total. The number of nitrogens with zero attached hydrogens (tertiary/aromatic N) is 2. The molecule has 4 rings (SSSR count). The second kappa shape index (κ2) is 5.48. The van der Waals surface area contributed by atoms with Crippen molar-refractivity contribution in [3.63, 3.8) is 0 Å². The number of fused-ring (bicyclic) bond motifs is 2. The number of hydrogen-bond acceptors (Lipinski definition) is 5. The second-order valence-electron chi connectivity index (χ2n) is 6.99. The molecule has 1 aromatic heterocycles. The number of thioether (sulfide) groups is 1. The van der Waals surface area contributed by atoms with Crippen LogP contribution in [0.25, 0.3) is 0 Å². The van der Waals surface area contributed by atoms with Crippen LogP contribution < -0.4 is 5.32 Å². The number of carbonyl (C=O) groups excluding carboxylic acids is 2. The second-order valence-corrected chi connectivity index (χ2v) is 9.58. The van der Waals surface area contributed by atoms with Gasteiger partial charge in [-0.3, -0.25) is 9.59 Å². The summed E-state index contributed by atoms with van der Waals surface area (Å²) < 4.78 is 0. The Kier molecular flexibility index (Phi) is 3.68. The molecular formula is C16H21N3O2S2. The van der Waals surface area contributed by atoms with Crippen molar-refractivity contribution in [3.8, 4) is 0 Å². The number of anilines is 1. The Hall–Kier alpha value is -1.08. The number of aryl methyl sites for hydroxylation is 1. The lowest BCUT2D eigenvalue weighted by atomic mass is 9.93. The summed E-state index contributed by atoms with van der Waals surface area (Å²) in [5.74, 6) is 1.39. The molecule has 3 atom stereocenters. The molecule has 1 aromatic rings. The topological polar surface area (TPSA) is 62.3 Å². The van der Waals surface area contributed by atoms with E-state index < -0.39 is 0 Å². The molecular weight excluding hydrogens is 330 g/mol. The summed E-state index contributed by atoms with van der Waals surface area (Å²) in [6.45, 7) is 4.33. The van der Waals surface area contributed by atoms with Gasteiger partial charge in [0.2, 0.25) is 11.8 Å². The molecule has 0 aromatic carbocycles. The Balaban J connectivity index is 1.49. The van der Waals surface area contributed by atoms with E-state index in [0.717, 1.165) is 25.0 Å². The molecule has 7 heteroatoms. The molecule has 0 bridgehead atoms. The summed E-state index contributed by atoms with van der Waals surface area (Å²) in [7, 11) is 0. The van der Waals surface area contributed by atoms with E-state index in [0.29, 0.717) is 23.2 Å². The average molecular weight is 351 g/mol. The SMILES string of the molecule is C[C@@H]1CCc2nc(NC(=O)[C@H]3CS[C@@]4(C)CCC(=O)N34)sc2C1. The smallest absolute Gasteiger partial charge is 0.249 e. The molecule has 2 saturated heterocycles. The molecule has 1 aliphatic carbocycles. The van der Waals surface area contributed by atoms with Crippen LogP contribution in [0, 0.1) is 5.92 Å². The van der Waals surface area contributed by atoms with Crippen LogP contribution in [0.2, 0.25) is 0 Å². The third kappa shape index (κ3) is 2.58. The van der Waals surface area contributed by atoms with Crippen LogP contribution in [0.3, 0.4) is 0 Å². The first-order valence-corrected chi connectivity index (χ1v) is 10.0. The number of hydrogen-bond donors (Lipinski definition) is 1. The van der Waals surface area contributed by atoms with Crippen LogP contribution in [0.4, 0.5) is 5.13 Å². The normalized spacial score (nSPS) is 32.8. The molecule has 2 amide bonds. The molecule has 0 spiro atoms. The van der Waals surface area contributed by atoms with Gasteiger partial charge in [-0.25, -0.2) is 4.98 Å². The molecule has 2 fully saturated rings. The Morgan fingerprint density at radius 3 is 3.09 bits per heavy atom. The van der Waals surface area contributed by atoms with E-state index in [1.807, 2.05) is 0 Å². The van der Waals surface area contributed by atoms with Crippen molar-refractivity contribution in [1.82, 2.24) is 9.88 Å². The highest BCUT2D eigenvalue weighted by Crippen LogP contribution is 2.47. The molecule has 124 valence electrons. The average Bonchev–Trinajstić information content (AvgIpc) is 3.12. The zero-order chi connectivity index (χ0) is 16.2. The van der Waals surface area contributed by atoms with E-state index in [-0.39, 0.29) is 22.7 Å². The summed E-state index contributed by atoms with van der Waals surface area (Å²) >= 11 is 3.32. The quantitative estimate of drug-likeness (QED) is 0.890. The van der Waals surface area contributed by atoms with Crippen LogP contribution in [0.5, 0.6) is 0 Å². The van der Waals surface area contributed by atoms with E-state index in [4.69, 9.17) is 0 Å². The van der Waals surface area contributed by atoms with Gasteiger partial charge in [0.15, 0.2) is 5.13 Å². The lowest BCUT2D eigenvalue weighted by Gasteiger charge is -2.29. The van der Waals surface area contributed by atoms with Crippen molar-refractivity contribution in [1.29, 1.82) is 0 Å². The summed E-state index contributed by atoms with van der Waals surface area (Å²) in [6.07, 6.45) is 4.63. The van der Waals surface area contributed by atoms with Gasteiger partial charge in [0.05, 0.1) is 10.6 Å². The highest BCUT2D eigenvalue weighted by molar-refractivity contribution is 8.01. The van der Waals surface area contributed by atoms with Gasteiger partial charge in [0.25, 0.3) is 0 Å². The van der Waals surface area contributed by atoms with E-state index >= 15 is 0 Å². The number of aromatic nitrogens is 1. The molecule has 0 unspecified atom stereocenters. The minimum Gasteiger partial charge on any atom is -0.315 e. The van der Waals surface area contributed by atoms with Crippen LogP contribution in [-0.2, 0) is 22.4 Å². The zero-order valence-corrected chi connectivity index (χ0v) is 15.1. The lowest BCUT2D eigenvalue weighted by molar-refractivity contribution is -0.135. The van der Waals surface area contributed by atoms with Crippen molar-refractivity contribution in [2.24, 2.45) is 5.92 Å². The Morgan fingerprint density at radius 2 is 2.26 bits per heavy atom. The first-order valence-electron chi connectivity index (χ1n) is 8.22. The van der Waals surface area contributed by atoms with Crippen LogP contribution in [-0.4, -0.2) is 38.4 Å². The summed E-state index contributed by atoms with van der Waals surface area (Å²) in [4.78, 5) is 32.3. The minimum absolute atomic E-state index is 0.0874. The van der Waals surface area contributed by atoms with Gasteiger partial charge in [0.1, 0.15) is 6.04 Å². The van der Waals surface area contributed by atoms with Gasteiger partial charge in [-0.15, -0.1) is 23.1 Å². The third-order valence-electron chi connectivity index (χ3n) is 5.16. The largest absolute Gasteiger partial charge is 0.315 e. The maximum absolute atomic E-state index is 12.7. The number of amides is 2. The van der Waals surface area contributed by atoms with Gasteiger partial charge >= 0.3 is 0 Å². The molecule has 2 aliphatic heterocycles. The molecule has 0 radical (unpaired) electrons. The van der Waals surface area contributed by atoms with Gasteiger partial charge in [-0.05, 0) is 38.5 Å². The Labute approximate surface area is 144 Å². The number of rotatable bonds is 2. The van der Waals surface area contributed by atoms with Crippen molar-refractivity contribution < 1.29 is 9.59 Å². The molecule has 23 heavy (non-hydrogen) atoms. The maximum atomic E-state index is 12.7. The molecule has 3 aliphatic rings. The molecule has 0 saturated carbocycles. The Bertz CT molecular complexity index is 674. The fourth-order valence-electron chi connectivity index (χ4n) is 3.80. The van der Waals surface area contributed by atoms with E-state index in [9.17, 15) is 9.59 Å². The standard InChI is InChI=1S/C16H21N3O2S2/c1-9-3-4-10-12(7-9)23-15(17-10)18-14(21)11-8-22-16(2)6-5-13(20)19(11)16/h9,11H,3-8H2,1-2H3,(H,17,18,21)/t9-,11-,16+/m1/s1. The summed E-state index contributed by atoms with van der Waals surface area (Å²) in [5, 5.41) is 3.66. The molecule has 3 heterocycles. The van der Waals surface area contributed by atoms with Gasteiger partial charge in [0, 0.05) is 17.1 Å². The first-order chi connectivity index (χ1) is 11.0. The van der Waals surface area contributed by atoms with Crippen molar-refractivity contribution >= 4 is 40.0 Å². The third-order valence-corrected chi connectivity index (χ3v) is 7.70. The lowest BCUT2D eigenvalue weighted by Crippen LogP contribution is -2.48. The fraction of sp³-hybridized carbons (Fsp3) is 0.688. The summed E-state index contributed by atoms with van der Waals surface area (Å²) in [6, 6.07) is -0.361. The van der Waals surface area contributed by atoms with Gasteiger partial charge < -0.3 is 10.2 Å². The van der Waals surface area contributed by atoms with E-state index in [2.05, 4.69) is 24.1 Å². The van der Waals surface area contributed by atoms with Gasteiger partial charge in [-0.1, -0.05) is 6.92 Å². The first kappa shape index (κ1) is 15.4. The Morgan fingerprint density at radius 1 is 1.43 bits per heavy atom. The van der Waals surface area contributed by atoms with Crippen molar-refractivity contribution in [3.05, 3.63) is 10.6 Å². The van der Waals surface area contributed by atoms with Crippen LogP contribution in [0.15, 0.2) is 0 Å². The van der Waals surface area contributed by atoms with E-state index in [1.54, 1.807) is 28.0 Å². The highest BCUT2D eigenvalue weighted by atomic mass is 32.2.